The fourth-order valence-corrected chi connectivity index (χ4v) is 3.57. The fourth-order valence-electron chi connectivity index (χ4n) is 2.82. The van der Waals surface area contributed by atoms with Crippen molar-refractivity contribution < 1.29 is 0 Å². The second-order valence-corrected chi connectivity index (χ2v) is 6.45. The van der Waals surface area contributed by atoms with Gasteiger partial charge in [-0.2, -0.15) is 5.10 Å². The van der Waals surface area contributed by atoms with Crippen molar-refractivity contribution in [2.75, 3.05) is 0 Å². The molecule has 0 aliphatic heterocycles. The minimum Gasteiger partial charge on any atom is -0.306 e. The van der Waals surface area contributed by atoms with Gasteiger partial charge in [0.05, 0.1) is 15.9 Å². The van der Waals surface area contributed by atoms with Crippen LogP contribution in [0.1, 0.15) is 57.3 Å². The number of halogens is 1. The minimum atomic E-state index is 0.314. The maximum absolute atomic E-state index is 4.54. The zero-order chi connectivity index (χ0) is 13.2. The molecule has 0 bridgehead atoms. The van der Waals surface area contributed by atoms with Crippen LogP contribution in [0, 0.1) is 0 Å². The summed E-state index contributed by atoms with van der Waals surface area (Å²) in [5.41, 5.74) is 2.73. The monoisotopic (exact) mass is 313 g/mol. The summed E-state index contributed by atoms with van der Waals surface area (Å²) in [5, 5.41) is 8.29. The molecule has 0 saturated heterocycles. The number of hydrogen-bond acceptors (Lipinski definition) is 2. The van der Waals surface area contributed by atoms with Crippen LogP contribution in [0.25, 0.3) is 0 Å². The Morgan fingerprint density at radius 1 is 1.33 bits per heavy atom. The lowest BCUT2D eigenvalue weighted by molar-refractivity contribution is 0.250. The average Bonchev–Trinajstić information content (AvgIpc) is 2.63. The number of nitrogens with zero attached hydrogens (tertiary/aromatic N) is 2. The lowest BCUT2D eigenvalue weighted by Crippen LogP contribution is -2.43. The molecule has 0 radical (unpaired) electrons. The van der Waals surface area contributed by atoms with Gasteiger partial charge < -0.3 is 5.32 Å². The van der Waals surface area contributed by atoms with Crippen molar-refractivity contribution in [2.45, 2.75) is 64.5 Å². The largest absolute Gasteiger partial charge is 0.306 e. The van der Waals surface area contributed by atoms with Gasteiger partial charge in [0.15, 0.2) is 0 Å². The van der Waals surface area contributed by atoms with E-state index in [1.54, 1.807) is 0 Å². The third-order valence-electron chi connectivity index (χ3n) is 4.14. The molecule has 1 aliphatic carbocycles. The number of aromatic nitrogens is 2. The maximum atomic E-state index is 4.54. The number of nitrogens with one attached hydrogen (secondary N) is 1. The second kappa shape index (κ2) is 5.74. The highest BCUT2D eigenvalue weighted by Gasteiger charge is 2.26. The van der Waals surface area contributed by atoms with E-state index >= 15 is 0 Å². The van der Waals surface area contributed by atoms with Crippen molar-refractivity contribution in [2.24, 2.45) is 7.05 Å². The molecule has 1 saturated carbocycles. The molecule has 18 heavy (non-hydrogen) atoms. The summed E-state index contributed by atoms with van der Waals surface area (Å²) in [6.07, 6.45) is 7.68. The van der Waals surface area contributed by atoms with E-state index < -0.39 is 0 Å². The summed E-state index contributed by atoms with van der Waals surface area (Å²) in [6.45, 7) is 5.41. The van der Waals surface area contributed by atoms with Crippen molar-refractivity contribution in [3.05, 3.63) is 15.9 Å². The van der Waals surface area contributed by atoms with E-state index in [0.717, 1.165) is 18.7 Å². The van der Waals surface area contributed by atoms with Crippen molar-refractivity contribution in [1.29, 1.82) is 0 Å². The van der Waals surface area contributed by atoms with Gasteiger partial charge in [0.25, 0.3) is 0 Å². The van der Waals surface area contributed by atoms with Crippen LogP contribution in [0.4, 0.5) is 0 Å². The number of aryl methyl sites for hydroxylation is 2. The summed E-state index contributed by atoms with van der Waals surface area (Å²) in [6, 6.07) is 0. The molecule has 4 heteroatoms. The first kappa shape index (κ1) is 14.1. The molecule has 3 nitrogen and oxygen atoms in total. The number of rotatable bonds is 4. The van der Waals surface area contributed by atoms with Crippen LogP contribution in [0.3, 0.4) is 0 Å². The van der Waals surface area contributed by atoms with E-state index in [1.807, 2.05) is 11.7 Å². The Balaban J connectivity index is 2.03. The first-order valence-electron chi connectivity index (χ1n) is 7.01. The van der Waals surface area contributed by atoms with E-state index in [4.69, 9.17) is 0 Å². The molecule has 1 heterocycles. The molecule has 0 amide bonds. The van der Waals surface area contributed by atoms with Crippen LogP contribution in [-0.2, 0) is 20.0 Å². The van der Waals surface area contributed by atoms with Crippen LogP contribution in [0.2, 0.25) is 0 Å². The molecule has 0 unspecified atom stereocenters. The van der Waals surface area contributed by atoms with Gasteiger partial charge in [-0.1, -0.05) is 26.2 Å². The maximum Gasteiger partial charge on any atom is 0.0767 e. The Labute approximate surface area is 118 Å². The van der Waals surface area contributed by atoms with Gasteiger partial charge >= 0.3 is 0 Å². The molecule has 102 valence electrons. The Bertz CT molecular complexity index is 405. The molecule has 2 rings (SSSR count). The summed E-state index contributed by atoms with van der Waals surface area (Å²) in [5.74, 6) is 0. The smallest absolute Gasteiger partial charge is 0.0767 e. The Kier molecular flexibility index (Phi) is 4.49. The quantitative estimate of drug-likeness (QED) is 0.921. The van der Waals surface area contributed by atoms with E-state index in [1.165, 1.54) is 42.3 Å². The van der Waals surface area contributed by atoms with E-state index in [0.29, 0.717) is 5.54 Å². The number of hydrogen-bond donors (Lipinski definition) is 1. The average molecular weight is 314 g/mol. The van der Waals surface area contributed by atoms with Gasteiger partial charge in [-0.05, 0) is 42.1 Å². The van der Waals surface area contributed by atoms with Gasteiger partial charge in [0.1, 0.15) is 0 Å². The Hall–Kier alpha value is -0.350. The van der Waals surface area contributed by atoms with Crippen molar-refractivity contribution in [3.8, 4) is 0 Å². The molecule has 0 atom stereocenters. The van der Waals surface area contributed by atoms with Crippen LogP contribution >= 0.6 is 15.9 Å². The molecule has 0 aromatic carbocycles. The van der Waals surface area contributed by atoms with Crippen LogP contribution in [0.15, 0.2) is 4.47 Å². The van der Waals surface area contributed by atoms with Gasteiger partial charge in [-0.15, -0.1) is 0 Å². The van der Waals surface area contributed by atoms with Gasteiger partial charge in [-0.25, -0.2) is 0 Å². The third-order valence-corrected chi connectivity index (χ3v) is 5.06. The molecule has 1 aromatic rings. The van der Waals surface area contributed by atoms with E-state index in [9.17, 15) is 0 Å². The second-order valence-electron chi connectivity index (χ2n) is 5.66. The minimum absolute atomic E-state index is 0.314. The normalized spacial score (nSPS) is 19.1. The molecule has 1 N–H and O–H groups in total. The molecule has 1 aromatic heterocycles. The zero-order valence-electron chi connectivity index (χ0n) is 11.7. The van der Waals surface area contributed by atoms with E-state index in [-0.39, 0.29) is 0 Å². The highest BCUT2D eigenvalue weighted by molar-refractivity contribution is 9.10. The predicted octanol–water partition coefficient (Wildman–Crippen LogP) is 3.56. The zero-order valence-corrected chi connectivity index (χ0v) is 13.3. The summed E-state index contributed by atoms with van der Waals surface area (Å²) in [4.78, 5) is 0. The highest BCUT2D eigenvalue weighted by atomic mass is 79.9. The van der Waals surface area contributed by atoms with Crippen LogP contribution < -0.4 is 5.32 Å². The van der Waals surface area contributed by atoms with Crippen LogP contribution in [0.5, 0.6) is 0 Å². The standard InChI is InChI=1S/C14H24BrN3/c1-4-11-13(15)12(18(3)17-11)10-16-14(2)8-6-5-7-9-14/h16H,4-10H2,1-3H3. The first-order chi connectivity index (χ1) is 8.56. The van der Waals surface area contributed by atoms with Crippen molar-refractivity contribution in [1.82, 2.24) is 15.1 Å². The molecule has 0 spiro atoms. The third kappa shape index (κ3) is 2.97. The Morgan fingerprint density at radius 3 is 2.56 bits per heavy atom. The van der Waals surface area contributed by atoms with E-state index in [2.05, 4.69) is 40.2 Å². The SMILES string of the molecule is CCc1nn(C)c(CNC2(C)CCCCC2)c1Br. The fraction of sp³-hybridized carbons (Fsp3) is 0.786. The van der Waals surface area contributed by atoms with Gasteiger partial charge in [0.2, 0.25) is 0 Å². The van der Waals surface area contributed by atoms with Gasteiger partial charge in [0, 0.05) is 19.1 Å². The van der Waals surface area contributed by atoms with Crippen molar-refractivity contribution in [3.63, 3.8) is 0 Å². The Morgan fingerprint density at radius 2 is 2.00 bits per heavy atom. The lowest BCUT2D eigenvalue weighted by atomic mass is 9.83. The highest BCUT2D eigenvalue weighted by Crippen LogP contribution is 2.29. The molecular weight excluding hydrogens is 290 g/mol. The van der Waals surface area contributed by atoms with Gasteiger partial charge in [-0.3, -0.25) is 4.68 Å². The first-order valence-corrected chi connectivity index (χ1v) is 7.80. The summed E-state index contributed by atoms with van der Waals surface area (Å²) in [7, 11) is 2.03. The van der Waals surface area contributed by atoms with Crippen molar-refractivity contribution >= 4 is 15.9 Å². The molecule has 1 aliphatic rings. The molecule has 1 fully saturated rings. The predicted molar refractivity (Wildman–Crippen MR) is 78.6 cm³/mol. The topological polar surface area (TPSA) is 29.9 Å². The lowest BCUT2D eigenvalue weighted by Gasteiger charge is -2.34. The molecular formula is C14H24BrN3. The van der Waals surface area contributed by atoms with Crippen LogP contribution in [-0.4, -0.2) is 15.3 Å². The summed E-state index contributed by atoms with van der Waals surface area (Å²) >= 11 is 3.68. The summed E-state index contributed by atoms with van der Waals surface area (Å²) < 4.78 is 3.18.